The highest BCUT2D eigenvalue weighted by Gasteiger charge is 2.24. The third-order valence-corrected chi connectivity index (χ3v) is 3.69. The van der Waals surface area contributed by atoms with Crippen molar-refractivity contribution >= 4 is 0 Å². The van der Waals surface area contributed by atoms with E-state index in [1.807, 2.05) is 0 Å². The molecular formula is C13H24N4. The number of aryl methyl sites for hydroxylation is 1. The van der Waals surface area contributed by atoms with Gasteiger partial charge in [-0.3, -0.25) is 9.58 Å². The molecule has 2 N–H and O–H groups in total. The van der Waals surface area contributed by atoms with Gasteiger partial charge in [-0.05, 0) is 40.2 Å². The van der Waals surface area contributed by atoms with E-state index in [1.165, 1.54) is 24.9 Å². The van der Waals surface area contributed by atoms with Crippen LogP contribution in [0.15, 0.2) is 6.20 Å². The number of aromatic nitrogens is 2. The zero-order valence-electron chi connectivity index (χ0n) is 11.2. The van der Waals surface area contributed by atoms with E-state index in [1.54, 1.807) is 0 Å². The van der Waals surface area contributed by atoms with Gasteiger partial charge in [-0.15, -0.1) is 0 Å². The van der Waals surface area contributed by atoms with Gasteiger partial charge in [0, 0.05) is 36.9 Å². The molecule has 0 bridgehead atoms. The van der Waals surface area contributed by atoms with E-state index in [2.05, 4.69) is 41.6 Å². The first-order valence-corrected chi connectivity index (χ1v) is 6.60. The van der Waals surface area contributed by atoms with Crippen molar-refractivity contribution in [3.05, 3.63) is 17.5 Å². The predicted octanol–water partition coefficient (Wildman–Crippen LogP) is 1.70. The van der Waals surface area contributed by atoms with Gasteiger partial charge in [-0.1, -0.05) is 0 Å². The Morgan fingerprint density at radius 2 is 2.29 bits per heavy atom. The van der Waals surface area contributed by atoms with Crippen LogP contribution < -0.4 is 5.73 Å². The van der Waals surface area contributed by atoms with Gasteiger partial charge in [0.1, 0.15) is 0 Å². The SMILES string of the molecule is Cc1nn(C(C)C)cc1CN1CCCC1CN. The topological polar surface area (TPSA) is 47.1 Å². The second-order valence-electron chi connectivity index (χ2n) is 5.32. The molecule has 2 rings (SSSR count). The van der Waals surface area contributed by atoms with E-state index in [-0.39, 0.29) is 0 Å². The molecule has 0 spiro atoms. The summed E-state index contributed by atoms with van der Waals surface area (Å²) < 4.78 is 2.05. The van der Waals surface area contributed by atoms with Crippen LogP contribution in [0.1, 0.15) is 44.0 Å². The molecule has 1 fully saturated rings. The molecule has 1 aromatic rings. The molecule has 1 atom stereocenters. The van der Waals surface area contributed by atoms with Gasteiger partial charge < -0.3 is 5.73 Å². The second kappa shape index (κ2) is 5.19. The average Bonchev–Trinajstić information content (AvgIpc) is 2.87. The van der Waals surface area contributed by atoms with E-state index in [4.69, 9.17) is 5.73 Å². The summed E-state index contributed by atoms with van der Waals surface area (Å²) >= 11 is 0. The number of nitrogens with zero attached hydrogens (tertiary/aromatic N) is 3. The van der Waals surface area contributed by atoms with Gasteiger partial charge in [0.05, 0.1) is 5.69 Å². The Morgan fingerprint density at radius 3 is 2.88 bits per heavy atom. The summed E-state index contributed by atoms with van der Waals surface area (Å²) in [6.07, 6.45) is 4.71. The fraction of sp³-hybridized carbons (Fsp3) is 0.769. The Bertz CT molecular complexity index is 369. The molecule has 1 aliphatic heterocycles. The number of hydrogen-bond donors (Lipinski definition) is 1. The maximum atomic E-state index is 5.81. The van der Waals surface area contributed by atoms with Gasteiger partial charge in [0.25, 0.3) is 0 Å². The minimum absolute atomic E-state index is 0.436. The minimum atomic E-state index is 0.436. The van der Waals surface area contributed by atoms with E-state index in [9.17, 15) is 0 Å². The van der Waals surface area contributed by atoms with Crippen LogP contribution in [0.4, 0.5) is 0 Å². The third kappa shape index (κ3) is 2.69. The number of nitrogens with two attached hydrogens (primary N) is 1. The Labute approximate surface area is 104 Å². The van der Waals surface area contributed by atoms with Crippen molar-refractivity contribution in [2.75, 3.05) is 13.1 Å². The molecule has 0 amide bonds. The van der Waals surface area contributed by atoms with Gasteiger partial charge in [0.2, 0.25) is 0 Å². The fourth-order valence-corrected chi connectivity index (χ4v) is 2.53. The minimum Gasteiger partial charge on any atom is -0.329 e. The molecule has 0 radical (unpaired) electrons. The van der Waals surface area contributed by atoms with Crippen LogP contribution in [0.2, 0.25) is 0 Å². The zero-order valence-corrected chi connectivity index (χ0v) is 11.2. The second-order valence-corrected chi connectivity index (χ2v) is 5.32. The normalized spacial score (nSPS) is 21.6. The van der Waals surface area contributed by atoms with Crippen molar-refractivity contribution < 1.29 is 0 Å². The lowest BCUT2D eigenvalue weighted by Gasteiger charge is -2.22. The highest BCUT2D eigenvalue weighted by Crippen LogP contribution is 2.21. The first kappa shape index (κ1) is 12.6. The van der Waals surface area contributed by atoms with Gasteiger partial charge in [-0.2, -0.15) is 5.10 Å². The van der Waals surface area contributed by atoms with Crippen molar-refractivity contribution in [1.82, 2.24) is 14.7 Å². The maximum absolute atomic E-state index is 5.81. The zero-order chi connectivity index (χ0) is 12.4. The molecule has 0 aromatic carbocycles. The van der Waals surface area contributed by atoms with Crippen molar-refractivity contribution in [1.29, 1.82) is 0 Å². The summed E-state index contributed by atoms with van der Waals surface area (Å²) in [5.41, 5.74) is 8.31. The summed E-state index contributed by atoms with van der Waals surface area (Å²) in [6, 6.07) is 1.00. The molecule has 1 aliphatic rings. The van der Waals surface area contributed by atoms with E-state index in [0.29, 0.717) is 12.1 Å². The number of hydrogen-bond acceptors (Lipinski definition) is 3. The van der Waals surface area contributed by atoms with Crippen molar-refractivity contribution in [2.24, 2.45) is 5.73 Å². The summed E-state index contributed by atoms with van der Waals surface area (Å²) in [5, 5.41) is 4.56. The molecule has 2 heterocycles. The van der Waals surface area contributed by atoms with Crippen LogP contribution in [0, 0.1) is 6.92 Å². The largest absolute Gasteiger partial charge is 0.329 e. The Kier molecular flexibility index (Phi) is 3.84. The average molecular weight is 236 g/mol. The summed E-state index contributed by atoms with van der Waals surface area (Å²) in [4.78, 5) is 2.49. The van der Waals surface area contributed by atoms with Gasteiger partial charge in [0.15, 0.2) is 0 Å². The Morgan fingerprint density at radius 1 is 1.53 bits per heavy atom. The van der Waals surface area contributed by atoms with E-state index in [0.717, 1.165) is 18.8 Å². The van der Waals surface area contributed by atoms with E-state index >= 15 is 0 Å². The Balaban J connectivity index is 2.07. The molecule has 17 heavy (non-hydrogen) atoms. The number of likely N-dealkylation sites (tertiary alicyclic amines) is 1. The first-order valence-electron chi connectivity index (χ1n) is 6.60. The lowest BCUT2D eigenvalue weighted by molar-refractivity contribution is 0.249. The molecule has 0 aliphatic carbocycles. The van der Waals surface area contributed by atoms with Gasteiger partial charge in [-0.25, -0.2) is 0 Å². The third-order valence-electron chi connectivity index (χ3n) is 3.69. The monoisotopic (exact) mass is 236 g/mol. The molecular weight excluding hydrogens is 212 g/mol. The van der Waals surface area contributed by atoms with Crippen LogP contribution in [0.3, 0.4) is 0 Å². The molecule has 0 saturated carbocycles. The van der Waals surface area contributed by atoms with Crippen LogP contribution in [-0.2, 0) is 6.54 Å². The molecule has 96 valence electrons. The molecule has 4 heteroatoms. The highest BCUT2D eigenvalue weighted by atomic mass is 15.3. The predicted molar refractivity (Wildman–Crippen MR) is 69.8 cm³/mol. The summed E-state index contributed by atoms with van der Waals surface area (Å²) in [7, 11) is 0. The number of rotatable bonds is 4. The van der Waals surface area contributed by atoms with Crippen LogP contribution in [-0.4, -0.2) is 33.8 Å². The molecule has 1 aromatic heterocycles. The smallest absolute Gasteiger partial charge is 0.0638 e. The first-order chi connectivity index (χ1) is 8.11. The summed E-state index contributed by atoms with van der Waals surface area (Å²) in [5.74, 6) is 0. The van der Waals surface area contributed by atoms with Gasteiger partial charge >= 0.3 is 0 Å². The lowest BCUT2D eigenvalue weighted by atomic mass is 10.2. The Hall–Kier alpha value is -0.870. The van der Waals surface area contributed by atoms with E-state index < -0.39 is 0 Å². The lowest BCUT2D eigenvalue weighted by Crippen LogP contribution is -2.34. The van der Waals surface area contributed by atoms with Crippen LogP contribution in [0.25, 0.3) is 0 Å². The quantitative estimate of drug-likeness (QED) is 0.865. The van der Waals surface area contributed by atoms with Crippen LogP contribution in [0.5, 0.6) is 0 Å². The van der Waals surface area contributed by atoms with Crippen molar-refractivity contribution in [3.63, 3.8) is 0 Å². The molecule has 1 unspecified atom stereocenters. The molecule has 4 nitrogen and oxygen atoms in total. The molecule has 1 saturated heterocycles. The van der Waals surface area contributed by atoms with Crippen molar-refractivity contribution in [2.45, 2.75) is 52.2 Å². The highest BCUT2D eigenvalue weighted by molar-refractivity contribution is 5.16. The van der Waals surface area contributed by atoms with Crippen molar-refractivity contribution in [3.8, 4) is 0 Å². The summed E-state index contributed by atoms with van der Waals surface area (Å²) in [6.45, 7) is 9.37. The fourth-order valence-electron chi connectivity index (χ4n) is 2.53. The standard InChI is InChI=1S/C13H24N4/c1-10(2)17-9-12(11(3)15-17)8-16-6-4-5-13(16)7-14/h9-10,13H,4-8,14H2,1-3H3. The van der Waals surface area contributed by atoms with Crippen LogP contribution >= 0.6 is 0 Å². The maximum Gasteiger partial charge on any atom is 0.0638 e.